The van der Waals surface area contributed by atoms with E-state index in [4.69, 9.17) is 0 Å². The van der Waals surface area contributed by atoms with Crippen molar-refractivity contribution in [3.8, 4) is 5.69 Å². The lowest BCUT2D eigenvalue weighted by atomic mass is 9.96. The molecule has 0 fully saturated rings. The van der Waals surface area contributed by atoms with Crippen molar-refractivity contribution in [1.82, 2.24) is 20.6 Å². The Labute approximate surface area is 156 Å². The fourth-order valence-corrected chi connectivity index (χ4v) is 4.41. The minimum Gasteiger partial charge on any atom is -0.303 e. The maximum absolute atomic E-state index is 12.6. The van der Waals surface area contributed by atoms with Gasteiger partial charge in [-0.2, -0.15) is 5.10 Å². The van der Waals surface area contributed by atoms with Crippen molar-refractivity contribution in [2.45, 2.75) is 33.1 Å². The molecule has 4 rings (SSSR count). The largest absolute Gasteiger partial charge is 0.303 e. The summed E-state index contributed by atoms with van der Waals surface area (Å²) < 4.78 is 1.91. The summed E-state index contributed by atoms with van der Waals surface area (Å²) in [6, 6.07) is 11.9. The Kier molecular flexibility index (Phi) is 4.51. The molecule has 1 amide bonds. The molecular formula is C20H22N4OS. The van der Waals surface area contributed by atoms with Gasteiger partial charge in [0.2, 0.25) is 0 Å². The first kappa shape index (κ1) is 16.8. The summed E-state index contributed by atoms with van der Waals surface area (Å²) in [5.41, 5.74) is 8.96. The summed E-state index contributed by atoms with van der Waals surface area (Å²) in [5.74, 6) is 0.455. The van der Waals surface area contributed by atoms with Crippen molar-refractivity contribution in [2.24, 2.45) is 5.92 Å². The van der Waals surface area contributed by atoms with Crippen LogP contribution in [-0.2, 0) is 0 Å². The van der Waals surface area contributed by atoms with Crippen LogP contribution in [0.4, 0.5) is 0 Å². The smallest absolute Gasteiger partial charge is 0.279 e. The van der Waals surface area contributed by atoms with E-state index in [1.54, 1.807) is 0 Å². The maximum Gasteiger partial charge on any atom is 0.279 e. The maximum atomic E-state index is 12.6. The zero-order valence-corrected chi connectivity index (χ0v) is 15.8. The molecular weight excluding hydrogens is 344 g/mol. The predicted molar refractivity (Wildman–Crippen MR) is 105 cm³/mol. The Bertz CT molecular complexity index is 971. The number of rotatable bonds is 4. The van der Waals surface area contributed by atoms with Gasteiger partial charge in [0, 0.05) is 11.1 Å². The summed E-state index contributed by atoms with van der Waals surface area (Å²) in [4.78, 5) is 14.2. The van der Waals surface area contributed by atoms with Crippen molar-refractivity contribution in [2.75, 3.05) is 0 Å². The highest BCUT2D eigenvalue weighted by atomic mass is 32.1. The quantitative estimate of drug-likeness (QED) is 0.676. The van der Waals surface area contributed by atoms with Crippen molar-refractivity contribution < 1.29 is 4.79 Å². The third kappa shape index (κ3) is 3.24. The normalized spacial score (nSPS) is 17.2. The van der Waals surface area contributed by atoms with Gasteiger partial charge in [0.05, 0.1) is 16.3 Å². The SMILES string of the molecule is Cc1nn(-c2ccccc2)c2sc(C(=O)NNC3=C[C@@H](C)CCC3)cc12. The van der Waals surface area contributed by atoms with Gasteiger partial charge in [0.1, 0.15) is 4.83 Å². The van der Waals surface area contributed by atoms with E-state index in [-0.39, 0.29) is 5.91 Å². The molecule has 1 aliphatic carbocycles. The molecule has 1 aromatic carbocycles. The van der Waals surface area contributed by atoms with Crippen molar-refractivity contribution in [3.05, 3.63) is 58.7 Å². The fraction of sp³-hybridized carbons (Fsp3) is 0.300. The second-order valence-corrected chi connectivity index (χ2v) is 7.83. The summed E-state index contributed by atoms with van der Waals surface area (Å²) in [5, 5.41) is 5.64. The third-order valence-corrected chi connectivity index (χ3v) is 5.81. The van der Waals surface area contributed by atoms with Gasteiger partial charge < -0.3 is 5.43 Å². The van der Waals surface area contributed by atoms with Crippen molar-refractivity contribution >= 4 is 27.5 Å². The van der Waals surface area contributed by atoms with Crippen LogP contribution in [0.3, 0.4) is 0 Å². The van der Waals surface area contributed by atoms with E-state index in [0.29, 0.717) is 10.8 Å². The highest BCUT2D eigenvalue weighted by molar-refractivity contribution is 7.20. The molecule has 5 nitrogen and oxygen atoms in total. The molecule has 0 bridgehead atoms. The number of nitrogens with zero attached hydrogens (tertiary/aromatic N) is 2. The number of benzene rings is 1. The number of carbonyl (C=O) groups is 1. The minimum absolute atomic E-state index is 0.107. The van der Waals surface area contributed by atoms with Gasteiger partial charge in [0.25, 0.3) is 5.91 Å². The van der Waals surface area contributed by atoms with Crippen LogP contribution < -0.4 is 10.9 Å². The number of para-hydroxylation sites is 1. The van der Waals surface area contributed by atoms with Crippen LogP contribution in [0, 0.1) is 12.8 Å². The van der Waals surface area contributed by atoms with Gasteiger partial charge in [-0.05, 0) is 50.3 Å². The molecule has 1 aliphatic rings. The minimum atomic E-state index is -0.107. The zero-order valence-electron chi connectivity index (χ0n) is 15.0. The lowest BCUT2D eigenvalue weighted by Crippen LogP contribution is -2.37. The Balaban J connectivity index is 1.56. The highest BCUT2D eigenvalue weighted by Crippen LogP contribution is 2.30. The van der Waals surface area contributed by atoms with Crippen LogP contribution in [0.1, 0.15) is 41.6 Å². The molecule has 0 spiro atoms. The number of nitrogens with one attached hydrogen (secondary N) is 2. The van der Waals surface area contributed by atoms with E-state index >= 15 is 0 Å². The first-order valence-electron chi connectivity index (χ1n) is 8.93. The van der Waals surface area contributed by atoms with E-state index in [1.165, 1.54) is 17.8 Å². The lowest BCUT2D eigenvalue weighted by molar-refractivity contribution is 0.0942. The van der Waals surface area contributed by atoms with Gasteiger partial charge in [-0.1, -0.05) is 31.2 Å². The number of fused-ring (bicyclic) bond motifs is 1. The van der Waals surface area contributed by atoms with Gasteiger partial charge in [-0.15, -0.1) is 11.3 Å². The molecule has 2 N–H and O–H groups in total. The van der Waals surface area contributed by atoms with Crippen LogP contribution in [-0.4, -0.2) is 15.7 Å². The molecule has 2 heterocycles. The highest BCUT2D eigenvalue weighted by Gasteiger charge is 2.17. The number of carbonyl (C=O) groups excluding carboxylic acids is 1. The molecule has 0 radical (unpaired) electrons. The Hall–Kier alpha value is -2.60. The number of hydrazine groups is 1. The second-order valence-electron chi connectivity index (χ2n) is 6.80. The van der Waals surface area contributed by atoms with E-state index in [1.807, 2.05) is 48.0 Å². The molecule has 26 heavy (non-hydrogen) atoms. The molecule has 0 aliphatic heterocycles. The molecule has 134 valence electrons. The van der Waals surface area contributed by atoms with Gasteiger partial charge in [0.15, 0.2) is 0 Å². The molecule has 6 heteroatoms. The summed E-state index contributed by atoms with van der Waals surface area (Å²) in [6.07, 6.45) is 5.56. The third-order valence-electron chi connectivity index (χ3n) is 4.70. The molecule has 0 saturated heterocycles. The number of aromatic nitrogens is 2. The standard InChI is InChI=1S/C20H22N4OS/c1-13-7-6-8-15(11-13)21-22-19(25)18-12-17-14(2)23-24(20(17)26-18)16-9-4-3-5-10-16/h3-5,9-13,21H,6-8H2,1-2H3,(H,22,25)/t13-/m0/s1. The van der Waals surface area contributed by atoms with Crippen molar-refractivity contribution in [3.63, 3.8) is 0 Å². The summed E-state index contributed by atoms with van der Waals surface area (Å²) in [7, 11) is 0. The first-order chi connectivity index (χ1) is 12.6. The van der Waals surface area contributed by atoms with Crippen molar-refractivity contribution in [1.29, 1.82) is 0 Å². The fourth-order valence-electron chi connectivity index (χ4n) is 3.33. The second kappa shape index (κ2) is 6.96. The van der Waals surface area contributed by atoms with E-state index in [9.17, 15) is 4.79 Å². The van der Waals surface area contributed by atoms with Gasteiger partial charge in [-0.25, -0.2) is 4.68 Å². The summed E-state index contributed by atoms with van der Waals surface area (Å²) in [6.45, 7) is 4.18. The molecule has 2 aromatic heterocycles. The first-order valence-corrected chi connectivity index (χ1v) is 9.75. The average molecular weight is 366 g/mol. The number of amides is 1. The average Bonchev–Trinajstić information content (AvgIpc) is 3.21. The summed E-state index contributed by atoms with van der Waals surface area (Å²) >= 11 is 1.46. The van der Waals surface area contributed by atoms with Gasteiger partial charge >= 0.3 is 0 Å². The number of aryl methyl sites for hydroxylation is 1. The van der Waals surface area contributed by atoms with E-state index in [2.05, 4.69) is 29.0 Å². The topological polar surface area (TPSA) is 59.0 Å². The lowest BCUT2D eigenvalue weighted by Gasteiger charge is -2.19. The Morgan fingerprint density at radius 3 is 2.88 bits per heavy atom. The number of allylic oxidation sites excluding steroid dienone is 2. The van der Waals surface area contributed by atoms with Crippen LogP contribution in [0.2, 0.25) is 0 Å². The van der Waals surface area contributed by atoms with Crippen LogP contribution in [0.5, 0.6) is 0 Å². The number of hydrogen-bond acceptors (Lipinski definition) is 4. The number of thiophene rings is 1. The predicted octanol–water partition coefficient (Wildman–Crippen LogP) is 4.33. The van der Waals surface area contributed by atoms with Gasteiger partial charge in [-0.3, -0.25) is 10.2 Å². The van der Waals surface area contributed by atoms with Crippen LogP contribution in [0.25, 0.3) is 15.9 Å². The molecule has 0 unspecified atom stereocenters. The van der Waals surface area contributed by atoms with E-state index in [0.717, 1.165) is 40.1 Å². The van der Waals surface area contributed by atoms with E-state index < -0.39 is 0 Å². The Morgan fingerprint density at radius 1 is 1.31 bits per heavy atom. The Morgan fingerprint density at radius 2 is 2.12 bits per heavy atom. The molecule has 1 atom stereocenters. The molecule has 0 saturated carbocycles. The zero-order chi connectivity index (χ0) is 18.1. The van der Waals surface area contributed by atoms with Crippen LogP contribution in [0.15, 0.2) is 48.2 Å². The number of hydrogen-bond donors (Lipinski definition) is 2. The van der Waals surface area contributed by atoms with Crippen LogP contribution >= 0.6 is 11.3 Å². The monoisotopic (exact) mass is 366 g/mol. The molecule has 3 aromatic rings.